The number of primary amides is 1. The zero-order valence-electron chi connectivity index (χ0n) is 12.6. The Morgan fingerprint density at radius 2 is 1.96 bits per heavy atom. The monoisotopic (exact) mass is 365 g/mol. The van der Waals surface area contributed by atoms with E-state index >= 15 is 0 Å². The number of amides is 1. The summed E-state index contributed by atoms with van der Waals surface area (Å²) in [5, 5.41) is 0.399. The smallest absolute Gasteiger partial charge is 0.366 e. The molecule has 2 aromatic heterocycles. The number of nitrogens with zero attached hydrogens (tertiary/aromatic N) is 2. The molecule has 128 valence electrons. The Kier molecular flexibility index (Phi) is 4.34. The molecule has 2 heterocycles. The van der Waals surface area contributed by atoms with E-state index in [0.717, 1.165) is 0 Å². The number of fused-ring (bicyclic) bond motifs is 1. The van der Waals surface area contributed by atoms with Crippen molar-refractivity contribution in [3.05, 3.63) is 58.9 Å². The molecule has 3 aromatic rings. The molecule has 0 spiro atoms. The summed E-state index contributed by atoms with van der Waals surface area (Å²) >= 11 is 6.13. The number of rotatable bonds is 3. The second-order valence-electron chi connectivity index (χ2n) is 5.35. The Balaban J connectivity index is 2.45. The van der Waals surface area contributed by atoms with Crippen LogP contribution in [0.25, 0.3) is 22.2 Å². The Morgan fingerprint density at radius 1 is 1.20 bits per heavy atom. The maximum Gasteiger partial charge on any atom is 0.393 e. The van der Waals surface area contributed by atoms with Gasteiger partial charge in [0.15, 0.2) is 0 Å². The average Bonchev–Trinajstić information content (AvgIpc) is 2.53. The van der Waals surface area contributed by atoms with Gasteiger partial charge in [-0.3, -0.25) is 9.78 Å². The van der Waals surface area contributed by atoms with Gasteiger partial charge in [0.25, 0.3) is 0 Å². The molecule has 0 unspecified atom stereocenters. The number of alkyl halides is 3. The first-order valence-corrected chi connectivity index (χ1v) is 7.54. The number of benzene rings is 1. The maximum atomic E-state index is 13.1. The van der Waals surface area contributed by atoms with Crippen LogP contribution in [0.4, 0.5) is 13.2 Å². The van der Waals surface area contributed by atoms with Crippen LogP contribution in [0.15, 0.2) is 42.7 Å². The molecule has 4 nitrogen and oxygen atoms in total. The lowest BCUT2D eigenvalue weighted by atomic mass is 9.94. The van der Waals surface area contributed by atoms with Crippen LogP contribution < -0.4 is 5.73 Å². The van der Waals surface area contributed by atoms with E-state index in [2.05, 4.69) is 9.97 Å². The first kappa shape index (κ1) is 17.2. The Morgan fingerprint density at radius 3 is 2.56 bits per heavy atom. The van der Waals surface area contributed by atoms with Crippen molar-refractivity contribution in [3.63, 3.8) is 0 Å². The average molecular weight is 366 g/mol. The number of carbonyl (C=O) groups is 1. The molecule has 0 bridgehead atoms. The molecule has 8 heteroatoms. The lowest BCUT2D eigenvalue weighted by Gasteiger charge is -2.17. The molecule has 1 amide bonds. The molecule has 0 fully saturated rings. The lowest BCUT2D eigenvalue weighted by molar-refractivity contribution is -0.127. The van der Waals surface area contributed by atoms with Crippen LogP contribution in [0.1, 0.15) is 15.9 Å². The van der Waals surface area contributed by atoms with Gasteiger partial charge in [0, 0.05) is 28.9 Å². The summed E-state index contributed by atoms with van der Waals surface area (Å²) in [5.74, 6) is -0.973. The third-order valence-electron chi connectivity index (χ3n) is 3.63. The number of hydrogen-bond acceptors (Lipinski definition) is 3. The highest BCUT2D eigenvalue weighted by Gasteiger charge is 2.33. The molecule has 0 saturated heterocycles. The fourth-order valence-electron chi connectivity index (χ4n) is 2.69. The van der Waals surface area contributed by atoms with E-state index in [1.807, 2.05) is 0 Å². The van der Waals surface area contributed by atoms with Gasteiger partial charge in [0.05, 0.1) is 28.2 Å². The largest absolute Gasteiger partial charge is 0.393 e. The zero-order valence-corrected chi connectivity index (χ0v) is 13.4. The summed E-state index contributed by atoms with van der Waals surface area (Å²) < 4.78 is 39.4. The van der Waals surface area contributed by atoms with E-state index < -0.39 is 18.5 Å². The van der Waals surface area contributed by atoms with Crippen molar-refractivity contribution in [2.75, 3.05) is 0 Å². The van der Waals surface area contributed by atoms with E-state index in [0.29, 0.717) is 5.56 Å². The van der Waals surface area contributed by atoms with Crippen molar-refractivity contribution in [3.8, 4) is 11.3 Å². The number of para-hydroxylation sites is 1. The molecule has 0 aliphatic rings. The van der Waals surface area contributed by atoms with Gasteiger partial charge in [-0.1, -0.05) is 23.7 Å². The van der Waals surface area contributed by atoms with E-state index in [4.69, 9.17) is 17.3 Å². The molecular weight excluding hydrogens is 355 g/mol. The predicted octanol–water partition coefficient (Wildman–Crippen LogP) is 4.15. The van der Waals surface area contributed by atoms with E-state index in [9.17, 15) is 18.0 Å². The maximum absolute atomic E-state index is 13.1. The third-order valence-corrected chi connectivity index (χ3v) is 3.93. The van der Waals surface area contributed by atoms with Gasteiger partial charge in [-0.15, -0.1) is 0 Å². The molecule has 3 rings (SSSR count). The number of halogens is 4. The summed E-state index contributed by atoms with van der Waals surface area (Å²) in [6.07, 6.45) is -3.04. The van der Waals surface area contributed by atoms with Crippen molar-refractivity contribution in [1.29, 1.82) is 0 Å². The van der Waals surface area contributed by atoms with Gasteiger partial charge in [0.2, 0.25) is 5.91 Å². The van der Waals surface area contributed by atoms with Gasteiger partial charge in [-0.25, -0.2) is 4.98 Å². The molecule has 0 aliphatic carbocycles. The lowest BCUT2D eigenvalue weighted by Crippen LogP contribution is -2.21. The van der Waals surface area contributed by atoms with Crippen LogP contribution in [-0.2, 0) is 6.42 Å². The number of nitrogens with two attached hydrogens (primary N) is 1. The Bertz CT molecular complexity index is 959. The molecule has 0 atom stereocenters. The molecule has 1 aromatic carbocycles. The van der Waals surface area contributed by atoms with Crippen LogP contribution in [-0.4, -0.2) is 22.1 Å². The quantitative estimate of drug-likeness (QED) is 0.758. The topological polar surface area (TPSA) is 68.9 Å². The summed E-state index contributed by atoms with van der Waals surface area (Å²) in [6, 6.07) is 7.66. The number of hydrogen-bond donors (Lipinski definition) is 1. The number of pyridine rings is 2. The molecular formula is C17H11ClF3N3O. The van der Waals surface area contributed by atoms with Crippen molar-refractivity contribution in [2.24, 2.45) is 5.73 Å². The van der Waals surface area contributed by atoms with Crippen LogP contribution in [0.3, 0.4) is 0 Å². The SMILES string of the molecule is NC(=O)c1c(CC(F)(F)F)c(-c2cccnc2)nc2c(Cl)cccc12. The second kappa shape index (κ2) is 6.33. The van der Waals surface area contributed by atoms with Gasteiger partial charge in [0.1, 0.15) is 0 Å². The summed E-state index contributed by atoms with van der Waals surface area (Å²) in [4.78, 5) is 20.2. The van der Waals surface area contributed by atoms with Gasteiger partial charge in [-0.2, -0.15) is 13.2 Å². The summed E-state index contributed by atoms with van der Waals surface area (Å²) in [7, 11) is 0. The fraction of sp³-hybridized carbons (Fsp3) is 0.118. The molecule has 2 N–H and O–H groups in total. The highest BCUT2D eigenvalue weighted by molar-refractivity contribution is 6.35. The molecule has 25 heavy (non-hydrogen) atoms. The minimum absolute atomic E-state index is 0.0141. The van der Waals surface area contributed by atoms with Crippen LogP contribution in [0.2, 0.25) is 5.02 Å². The van der Waals surface area contributed by atoms with Crippen LogP contribution >= 0.6 is 11.6 Å². The summed E-state index contributed by atoms with van der Waals surface area (Å²) in [5.41, 5.74) is 5.42. The van der Waals surface area contributed by atoms with E-state index in [1.165, 1.54) is 30.6 Å². The van der Waals surface area contributed by atoms with Crippen molar-refractivity contribution in [2.45, 2.75) is 12.6 Å². The first-order valence-electron chi connectivity index (χ1n) is 7.16. The first-order chi connectivity index (χ1) is 11.8. The standard InChI is InChI=1S/C17H11ClF3N3O/c18-12-5-1-4-10-13(16(22)25)11(7-17(19,20)21)14(24-15(10)12)9-3-2-6-23-8-9/h1-6,8H,7H2,(H2,22,25). The highest BCUT2D eigenvalue weighted by atomic mass is 35.5. The summed E-state index contributed by atoms with van der Waals surface area (Å²) in [6.45, 7) is 0. The highest BCUT2D eigenvalue weighted by Crippen LogP contribution is 2.36. The number of aromatic nitrogens is 2. The third kappa shape index (κ3) is 3.41. The second-order valence-corrected chi connectivity index (χ2v) is 5.76. The van der Waals surface area contributed by atoms with Crippen molar-refractivity contribution >= 4 is 28.4 Å². The number of carbonyl (C=O) groups excluding carboxylic acids is 1. The minimum atomic E-state index is -4.55. The molecule has 0 radical (unpaired) electrons. The fourth-order valence-corrected chi connectivity index (χ4v) is 2.90. The van der Waals surface area contributed by atoms with Crippen LogP contribution in [0, 0.1) is 0 Å². The van der Waals surface area contributed by atoms with Gasteiger partial charge in [-0.05, 0) is 18.2 Å². The molecule has 0 saturated carbocycles. The van der Waals surface area contributed by atoms with Crippen LogP contribution in [0.5, 0.6) is 0 Å². The normalized spacial score (nSPS) is 11.7. The van der Waals surface area contributed by atoms with Gasteiger partial charge >= 0.3 is 6.18 Å². The Labute approximate surface area is 145 Å². The zero-order chi connectivity index (χ0) is 18.2. The van der Waals surface area contributed by atoms with E-state index in [1.54, 1.807) is 12.1 Å². The minimum Gasteiger partial charge on any atom is -0.366 e. The van der Waals surface area contributed by atoms with E-state index in [-0.39, 0.29) is 32.7 Å². The van der Waals surface area contributed by atoms with Gasteiger partial charge < -0.3 is 5.73 Å². The van der Waals surface area contributed by atoms with Crippen molar-refractivity contribution < 1.29 is 18.0 Å². The predicted molar refractivity (Wildman–Crippen MR) is 88.3 cm³/mol. The van der Waals surface area contributed by atoms with Crippen molar-refractivity contribution in [1.82, 2.24) is 9.97 Å². The molecule has 0 aliphatic heterocycles. The Hall–Kier alpha value is -2.67.